The van der Waals surface area contributed by atoms with E-state index in [-0.39, 0.29) is 5.91 Å². The molecule has 0 spiro atoms. The number of carbonyl (C=O) groups excluding carboxylic acids is 1. The number of hydrogen-bond donors (Lipinski definition) is 1. The molecule has 2 aliphatic rings. The van der Waals surface area contributed by atoms with Gasteiger partial charge in [0.2, 0.25) is 0 Å². The van der Waals surface area contributed by atoms with Gasteiger partial charge in [0.1, 0.15) is 13.2 Å². The number of nitrogens with one attached hydrogen (secondary N) is 1. The van der Waals surface area contributed by atoms with E-state index in [1.165, 1.54) is 11.3 Å². The van der Waals surface area contributed by atoms with Crippen LogP contribution in [0.4, 0.5) is 0 Å². The largest absolute Gasteiger partial charge is 0.486 e. The van der Waals surface area contributed by atoms with E-state index < -0.39 is 0 Å². The lowest BCUT2D eigenvalue weighted by Gasteiger charge is -2.26. The second-order valence-corrected chi connectivity index (χ2v) is 8.02. The highest BCUT2D eigenvalue weighted by molar-refractivity contribution is 7.17. The van der Waals surface area contributed by atoms with E-state index in [4.69, 9.17) is 14.2 Å². The Morgan fingerprint density at radius 1 is 1.00 bits per heavy atom. The molecule has 6 nitrogen and oxygen atoms in total. The molecule has 1 aromatic carbocycles. The third-order valence-electron chi connectivity index (χ3n) is 4.95. The van der Waals surface area contributed by atoms with Gasteiger partial charge in [-0.15, -0.1) is 11.3 Å². The highest BCUT2D eigenvalue weighted by Crippen LogP contribution is 2.36. The zero-order valence-electron chi connectivity index (χ0n) is 15.9. The van der Waals surface area contributed by atoms with E-state index in [0.717, 1.165) is 72.5 Å². The molecule has 2 aromatic rings. The first-order chi connectivity index (χ1) is 13.8. The fourth-order valence-corrected chi connectivity index (χ4v) is 4.30. The molecule has 0 unspecified atom stereocenters. The molecule has 1 saturated heterocycles. The summed E-state index contributed by atoms with van der Waals surface area (Å²) >= 11 is 1.50. The Kier molecular flexibility index (Phi) is 6.46. The second-order valence-electron chi connectivity index (χ2n) is 6.94. The molecule has 0 aliphatic carbocycles. The number of thiophene rings is 1. The molecule has 3 heterocycles. The van der Waals surface area contributed by atoms with Gasteiger partial charge in [0.25, 0.3) is 5.91 Å². The Morgan fingerprint density at radius 2 is 1.82 bits per heavy atom. The third kappa shape index (κ3) is 4.84. The molecule has 150 valence electrons. The minimum absolute atomic E-state index is 0.000154. The zero-order valence-corrected chi connectivity index (χ0v) is 16.8. The summed E-state index contributed by atoms with van der Waals surface area (Å²) in [7, 11) is 0. The van der Waals surface area contributed by atoms with Gasteiger partial charge in [-0.1, -0.05) is 0 Å². The van der Waals surface area contributed by atoms with Gasteiger partial charge in [0.15, 0.2) is 11.5 Å². The molecule has 0 radical (unpaired) electrons. The first-order valence-corrected chi connectivity index (χ1v) is 10.7. The molecule has 0 bridgehead atoms. The van der Waals surface area contributed by atoms with Crippen LogP contribution >= 0.6 is 11.3 Å². The monoisotopic (exact) mass is 402 g/mol. The zero-order chi connectivity index (χ0) is 19.2. The molecule has 1 aromatic heterocycles. The van der Waals surface area contributed by atoms with E-state index in [9.17, 15) is 4.79 Å². The van der Waals surface area contributed by atoms with E-state index in [2.05, 4.69) is 10.2 Å². The van der Waals surface area contributed by atoms with Gasteiger partial charge in [-0.3, -0.25) is 9.69 Å². The van der Waals surface area contributed by atoms with Crippen LogP contribution in [0, 0.1) is 0 Å². The summed E-state index contributed by atoms with van der Waals surface area (Å²) in [6.45, 7) is 6.64. The van der Waals surface area contributed by atoms with E-state index in [1.54, 1.807) is 0 Å². The van der Waals surface area contributed by atoms with Crippen molar-refractivity contribution in [2.24, 2.45) is 0 Å². The highest BCUT2D eigenvalue weighted by Gasteiger charge is 2.15. The van der Waals surface area contributed by atoms with Gasteiger partial charge in [0.05, 0.1) is 18.1 Å². The molecule has 1 fully saturated rings. The minimum Gasteiger partial charge on any atom is -0.486 e. The van der Waals surface area contributed by atoms with Gasteiger partial charge in [0, 0.05) is 24.5 Å². The van der Waals surface area contributed by atoms with Crippen LogP contribution in [0.2, 0.25) is 0 Å². The molecule has 7 heteroatoms. The Labute approximate surface area is 169 Å². The summed E-state index contributed by atoms with van der Waals surface area (Å²) in [5, 5.41) is 3.03. The van der Waals surface area contributed by atoms with Gasteiger partial charge >= 0.3 is 0 Å². The lowest BCUT2D eigenvalue weighted by Crippen LogP contribution is -2.37. The lowest BCUT2D eigenvalue weighted by atomic mass is 10.1. The Morgan fingerprint density at radius 3 is 2.68 bits per heavy atom. The van der Waals surface area contributed by atoms with Gasteiger partial charge in [-0.2, -0.15) is 0 Å². The predicted molar refractivity (Wildman–Crippen MR) is 110 cm³/mol. The summed E-state index contributed by atoms with van der Waals surface area (Å²) in [6, 6.07) is 9.79. The number of carbonyl (C=O) groups is 1. The van der Waals surface area contributed by atoms with Crippen molar-refractivity contribution < 1.29 is 19.0 Å². The smallest absolute Gasteiger partial charge is 0.261 e. The van der Waals surface area contributed by atoms with Gasteiger partial charge < -0.3 is 19.5 Å². The summed E-state index contributed by atoms with van der Waals surface area (Å²) in [5.74, 6) is 1.55. The molecule has 0 atom stereocenters. The number of benzene rings is 1. The number of hydrogen-bond acceptors (Lipinski definition) is 6. The molecular weight excluding hydrogens is 376 g/mol. The number of ether oxygens (including phenoxy) is 3. The van der Waals surface area contributed by atoms with Crippen LogP contribution in [0.5, 0.6) is 11.5 Å². The van der Waals surface area contributed by atoms with Crippen molar-refractivity contribution in [1.82, 2.24) is 10.2 Å². The quantitative estimate of drug-likeness (QED) is 0.722. The number of morpholine rings is 1. The number of rotatable bonds is 7. The topological polar surface area (TPSA) is 60.0 Å². The SMILES string of the molecule is O=C(NCCCCN1CCOCC1)c1ccc(-c2ccc3c(c2)OCCO3)s1. The molecule has 0 saturated carbocycles. The summed E-state index contributed by atoms with van der Waals surface area (Å²) in [5.41, 5.74) is 1.04. The van der Waals surface area contributed by atoms with Crippen LogP contribution in [0.3, 0.4) is 0 Å². The fraction of sp³-hybridized carbons (Fsp3) is 0.476. The van der Waals surface area contributed by atoms with Crippen LogP contribution in [-0.2, 0) is 4.74 Å². The molecule has 28 heavy (non-hydrogen) atoms. The van der Waals surface area contributed by atoms with Crippen molar-refractivity contribution in [1.29, 1.82) is 0 Å². The van der Waals surface area contributed by atoms with E-state index in [0.29, 0.717) is 19.8 Å². The third-order valence-corrected chi connectivity index (χ3v) is 6.08. The number of nitrogens with zero attached hydrogens (tertiary/aromatic N) is 1. The maximum atomic E-state index is 12.4. The van der Waals surface area contributed by atoms with Crippen LogP contribution in [-0.4, -0.2) is 63.4 Å². The molecule has 1 amide bonds. The van der Waals surface area contributed by atoms with Crippen LogP contribution in [0.1, 0.15) is 22.5 Å². The maximum absolute atomic E-state index is 12.4. The summed E-state index contributed by atoms with van der Waals surface area (Å²) in [4.78, 5) is 16.6. The summed E-state index contributed by atoms with van der Waals surface area (Å²) < 4.78 is 16.6. The maximum Gasteiger partial charge on any atom is 0.261 e. The fourth-order valence-electron chi connectivity index (χ4n) is 3.39. The van der Waals surface area contributed by atoms with Crippen molar-refractivity contribution >= 4 is 17.2 Å². The van der Waals surface area contributed by atoms with Crippen molar-refractivity contribution in [3.8, 4) is 21.9 Å². The average Bonchev–Trinajstić information content (AvgIpc) is 3.24. The number of amides is 1. The van der Waals surface area contributed by atoms with Crippen LogP contribution < -0.4 is 14.8 Å². The Bertz CT molecular complexity index is 801. The van der Waals surface area contributed by atoms with E-state index >= 15 is 0 Å². The standard InChI is InChI=1S/C21H26N2O4S/c24-21(22-7-1-2-8-23-9-11-25-12-10-23)20-6-5-19(28-20)16-3-4-17-18(15-16)27-14-13-26-17/h3-6,15H,1-2,7-14H2,(H,22,24). The van der Waals surface area contributed by atoms with Crippen LogP contribution in [0.25, 0.3) is 10.4 Å². The molecule has 4 rings (SSSR count). The van der Waals surface area contributed by atoms with Gasteiger partial charge in [-0.25, -0.2) is 0 Å². The highest BCUT2D eigenvalue weighted by atomic mass is 32.1. The van der Waals surface area contributed by atoms with Crippen molar-refractivity contribution in [3.05, 3.63) is 35.2 Å². The molecular formula is C21H26N2O4S. The van der Waals surface area contributed by atoms with Crippen LogP contribution in [0.15, 0.2) is 30.3 Å². The first kappa shape index (κ1) is 19.2. The van der Waals surface area contributed by atoms with Crippen molar-refractivity contribution in [3.63, 3.8) is 0 Å². The second kappa shape index (κ2) is 9.41. The first-order valence-electron chi connectivity index (χ1n) is 9.88. The number of fused-ring (bicyclic) bond motifs is 1. The number of unbranched alkanes of at least 4 members (excludes halogenated alkanes) is 1. The van der Waals surface area contributed by atoms with Crippen molar-refractivity contribution in [2.45, 2.75) is 12.8 Å². The van der Waals surface area contributed by atoms with E-state index in [1.807, 2.05) is 30.3 Å². The average molecular weight is 403 g/mol. The van der Waals surface area contributed by atoms with Crippen molar-refractivity contribution in [2.75, 3.05) is 52.6 Å². The van der Waals surface area contributed by atoms with Gasteiger partial charge in [-0.05, 0) is 55.3 Å². The lowest BCUT2D eigenvalue weighted by molar-refractivity contribution is 0.0372. The molecule has 1 N–H and O–H groups in total. The molecule has 2 aliphatic heterocycles. The minimum atomic E-state index is 0.000154. The normalized spacial score (nSPS) is 16.7. The predicted octanol–water partition coefficient (Wildman–Crippen LogP) is 3.03. The summed E-state index contributed by atoms with van der Waals surface area (Å²) in [6.07, 6.45) is 2.08. The Balaban J connectivity index is 1.25. The Hall–Kier alpha value is -2.09.